The average molecular weight is 436 g/mol. The zero-order valence-corrected chi connectivity index (χ0v) is 19.1. The first-order valence-electron chi connectivity index (χ1n) is 10.9. The third-order valence-electron chi connectivity index (χ3n) is 6.09. The molecule has 2 amide bonds. The first-order chi connectivity index (χ1) is 15.5. The third kappa shape index (κ3) is 3.79. The lowest BCUT2D eigenvalue weighted by Crippen LogP contribution is -2.47. The molecule has 168 valence electrons. The highest BCUT2D eigenvalue weighted by Crippen LogP contribution is 2.36. The van der Waals surface area contributed by atoms with Crippen LogP contribution in [-0.4, -0.2) is 68.6 Å². The fourth-order valence-electron chi connectivity index (χ4n) is 4.41. The molecule has 0 aromatic heterocycles. The first-order valence-corrected chi connectivity index (χ1v) is 10.9. The van der Waals surface area contributed by atoms with Gasteiger partial charge in [0.25, 0.3) is 11.8 Å². The molecule has 0 spiro atoms. The van der Waals surface area contributed by atoms with E-state index in [1.807, 2.05) is 17.9 Å². The molecule has 2 heterocycles. The molecular weight excluding hydrogens is 406 g/mol. The topological polar surface area (TPSA) is 62.3 Å². The van der Waals surface area contributed by atoms with Gasteiger partial charge >= 0.3 is 0 Å². The minimum absolute atomic E-state index is 0.230. The van der Waals surface area contributed by atoms with Crippen molar-refractivity contribution in [2.75, 3.05) is 51.8 Å². The van der Waals surface area contributed by atoms with Gasteiger partial charge in [-0.1, -0.05) is 18.2 Å². The van der Waals surface area contributed by atoms with Gasteiger partial charge in [0.15, 0.2) is 11.5 Å². The Labute approximate surface area is 188 Å². The van der Waals surface area contributed by atoms with Crippen molar-refractivity contribution < 1.29 is 19.1 Å². The van der Waals surface area contributed by atoms with Gasteiger partial charge in [-0.25, -0.2) is 0 Å². The van der Waals surface area contributed by atoms with Gasteiger partial charge in [-0.2, -0.15) is 0 Å². The third-order valence-corrected chi connectivity index (χ3v) is 6.09. The maximum atomic E-state index is 13.2. The van der Waals surface area contributed by atoms with Crippen molar-refractivity contribution in [3.63, 3.8) is 0 Å². The number of imide groups is 1. The zero-order valence-electron chi connectivity index (χ0n) is 19.1. The maximum Gasteiger partial charge on any atom is 0.277 e. The van der Waals surface area contributed by atoms with E-state index in [4.69, 9.17) is 9.47 Å². The lowest BCUT2D eigenvalue weighted by molar-refractivity contribution is -0.137. The van der Waals surface area contributed by atoms with E-state index in [2.05, 4.69) is 36.1 Å². The number of methoxy groups -OCH3 is 2. The lowest BCUT2D eigenvalue weighted by Gasteiger charge is -2.37. The summed E-state index contributed by atoms with van der Waals surface area (Å²) in [5.41, 5.74) is 3.98. The van der Waals surface area contributed by atoms with Gasteiger partial charge in [0, 0.05) is 38.4 Å². The molecule has 2 aromatic rings. The van der Waals surface area contributed by atoms with Crippen molar-refractivity contribution in [2.45, 2.75) is 13.8 Å². The standard InChI is InChI=1S/C25H29N3O4/c1-5-28-24(29)22(18-9-10-20(31-3)21(16-18)32-4)23(25(28)30)27-13-11-26(12-14-27)19-8-6-7-17(2)15-19/h6-10,15-16H,5,11-14H2,1-4H3. The Bertz CT molecular complexity index is 1070. The molecule has 1 fully saturated rings. The highest BCUT2D eigenvalue weighted by Gasteiger charge is 2.41. The molecular formula is C25H29N3O4. The zero-order chi connectivity index (χ0) is 22.8. The summed E-state index contributed by atoms with van der Waals surface area (Å²) in [6.07, 6.45) is 0. The van der Waals surface area contributed by atoms with Crippen LogP contribution in [0.4, 0.5) is 5.69 Å². The predicted molar refractivity (Wildman–Crippen MR) is 124 cm³/mol. The van der Waals surface area contributed by atoms with Gasteiger partial charge in [-0.3, -0.25) is 14.5 Å². The van der Waals surface area contributed by atoms with Crippen LogP contribution in [0.25, 0.3) is 5.57 Å². The molecule has 0 atom stereocenters. The fraction of sp³-hybridized carbons (Fsp3) is 0.360. The Hall–Kier alpha value is -3.48. The normalized spacial score (nSPS) is 16.8. The van der Waals surface area contributed by atoms with Gasteiger partial charge in [0.2, 0.25) is 0 Å². The van der Waals surface area contributed by atoms with Crippen molar-refractivity contribution in [1.29, 1.82) is 0 Å². The molecule has 7 heteroatoms. The van der Waals surface area contributed by atoms with Crippen molar-refractivity contribution in [2.24, 2.45) is 0 Å². The SMILES string of the molecule is CCN1C(=O)C(c2ccc(OC)c(OC)c2)=C(N2CCN(c3cccc(C)c3)CC2)C1=O. The molecule has 7 nitrogen and oxygen atoms in total. The number of carbonyl (C=O) groups is 2. The lowest BCUT2D eigenvalue weighted by atomic mass is 10.0. The number of carbonyl (C=O) groups excluding carboxylic acids is 2. The molecule has 0 saturated carbocycles. The number of hydrogen-bond acceptors (Lipinski definition) is 6. The Kier molecular flexibility index (Phi) is 6.08. The van der Waals surface area contributed by atoms with Gasteiger partial charge in [0.1, 0.15) is 5.70 Å². The van der Waals surface area contributed by atoms with E-state index in [1.165, 1.54) is 16.2 Å². The Morgan fingerprint density at radius 3 is 2.16 bits per heavy atom. The Morgan fingerprint density at radius 1 is 0.844 bits per heavy atom. The maximum absolute atomic E-state index is 13.2. The molecule has 32 heavy (non-hydrogen) atoms. The minimum atomic E-state index is -0.263. The van der Waals surface area contributed by atoms with Gasteiger partial charge in [0.05, 0.1) is 19.8 Å². The number of piperazine rings is 1. The smallest absolute Gasteiger partial charge is 0.277 e. The number of ether oxygens (including phenoxy) is 2. The van der Waals surface area contributed by atoms with E-state index >= 15 is 0 Å². The van der Waals surface area contributed by atoms with Crippen molar-refractivity contribution in [3.05, 3.63) is 59.3 Å². The van der Waals surface area contributed by atoms with Crippen molar-refractivity contribution in [1.82, 2.24) is 9.80 Å². The van der Waals surface area contributed by atoms with Crippen LogP contribution in [0.15, 0.2) is 48.2 Å². The van der Waals surface area contributed by atoms with Crippen LogP contribution < -0.4 is 14.4 Å². The second-order valence-electron chi connectivity index (χ2n) is 7.96. The first kappa shape index (κ1) is 21.7. The second kappa shape index (κ2) is 8.94. The van der Waals surface area contributed by atoms with Crippen LogP contribution in [0.1, 0.15) is 18.1 Å². The van der Waals surface area contributed by atoms with Crippen LogP contribution >= 0.6 is 0 Å². The average Bonchev–Trinajstić information content (AvgIpc) is 3.07. The summed E-state index contributed by atoms with van der Waals surface area (Å²) in [6.45, 7) is 7.12. The van der Waals surface area contributed by atoms with Crippen LogP contribution in [0.3, 0.4) is 0 Å². The Balaban J connectivity index is 1.67. The molecule has 2 aromatic carbocycles. The van der Waals surface area contributed by atoms with Gasteiger partial charge in [-0.15, -0.1) is 0 Å². The van der Waals surface area contributed by atoms with Crippen molar-refractivity contribution >= 4 is 23.1 Å². The van der Waals surface area contributed by atoms with Crippen LogP contribution in [0.5, 0.6) is 11.5 Å². The summed E-state index contributed by atoms with van der Waals surface area (Å²) in [5, 5.41) is 0. The van der Waals surface area contributed by atoms with E-state index in [9.17, 15) is 9.59 Å². The van der Waals surface area contributed by atoms with E-state index in [0.29, 0.717) is 48.0 Å². The van der Waals surface area contributed by atoms with Crippen LogP contribution in [0.2, 0.25) is 0 Å². The summed E-state index contributed by atoms with van der Waals surface area (Å²) in [7, 11) is 3.13. The molecule has 2 aliphatic heterocycles. The van der Waals surface area contributed by atoms with E-state index in [0.717, 1.165) is 13.1 Å². The van der Waals surface area contributed by atoms with E-state index in [-0.39, 0.29) is 11.8 Å². The monoisotopic (exact) mass is 435 g/mol. The summed E-state index contributed by atoms with van der Waals surface area (Å²) in [5.74, 6) is 0.609. The highest BCUT2D eigenvalue weighted by molar-refractivity contribution is 6.35. The number of benzene rings is 2. The van der Waals surface area contributed by atoms with E-state index < -0.39 is 0 Å². The molecule has 0 bridgehead atoms. The van der Waals surface area contributed by atoms with Crippen LogP contribution in [0, 0.1) is 6.92 Å². The number of nitrogens with zero attached hydrogens (tertiary/aromatic N) is 3. The molecule has 1 saturated heterocycles. The molecule has 4 rings (SSSR count). The number of likely N-dealkylation sites (N-methyl/N-ethyl adjacent to an activating group) is 1. The van der Waals surface area contributed by atoms with Gasteiger partial charge < -0.3 is 19.3 Å². The molecule has 0 N–H and O–H groups in total. The molecule has 2 aliphatic rings. The minimum Gasteiger partial charge on any atom is -0.493 e. The summed E-state index contributed by atoms with van der Waals surface area (Å²) in [4.78, 5) is 32.1. The van der Waals surface area contributed by atoms with Crippen molar-refractivity contribution in [3.8, 4) is 11.5 Å². The Morgan fingerprint density at radius 2 is 1.53 bits per heavy atom. The predicted octanol–water partition coefficient (Wildman–Crippen LogP) is 2.93. The molecule has 0 radical (unpaired) electrons. The summed E-state index contributed by atoms with van der Waals surface area (Å²) in [6, 6.07) is 13.8. The second-order valence-corrected chi connectivity index (χ2v) is 7.96. The van der Waals surface area contributed by atoms with Crippen LogP contribution in [-0.2, 0) is 9.59 Å². The van der Waals surface area contributed by atoms with E-state index in [1.54, 1.807) is 26.4 Å². The number of amides is 2. The number of aryl methyl sites for hydroxylation is 1. The molecule has 0 unspecified atom stereocenters. The largest absolute Gasteiger partial charge is 0.493 e. The quantitative estimate of drug-likeness (QED) is 0.651. The number of anilines is 1. The fourth-order valence-corrected chi connectivity index (χ4v) is 4.41. The van der Waals surface area contributed by atoms with Gasteiger partial charge in [-0.05, 0) is 49.2 Å². The number of rotatable bonds is 6. The highest BCUT2D eigenvalue weighted by atomic mass is 16.5. The summed E-state index contributed by atoms with van der Waals surface area (Å²) < 4.78 is 10.8. The molecule has 0 aliphatic carbocycles. The number of hydrogen-bond donors (Lipinski definition) is 0. The summed E-state index contributed by atoms with van der Waals surface area (Å²) >= 11 is 0.